The van der Waals surface area contributed by atoms with Gasteiger partial charge in [0.2, 0.25) is 0 Å². The van der Waals surface area contributed by atoms with Crippen molar-refractivity contribution in [3.05, 3.63) is 36.9 Å². The van der Waals surface area contributed by atoms with E-state index in [1.54, 1.807) is 0 Å². The van der Waals surface area contributed by atoms with Crippen LogP contribution >= 0.6 is 0 Å². The van der Waals surface area contributed by atoms with Gasteiger partial charge in [0.15, 0.2) is 0 Å². The average Bonchev–Trinajstić information content (AvgIpc) is 2.68. The van der Waals surface area contributed by atoms with Crippen molar-refractivity contribution in [1.82, 2.24) is 9.97 Å². The fraction of sp³-hybridized carbons (Fsp3) is 0.0909. The van der Waals surface area contributed by atoms with Crippen LogP contribution in [0.25, 0.3) is 11.0 Å². The molecule has 1 N–H and O–H groups in total. The van der Waals surface area contributed by atoms with Crippen molar-refractivity contribution in [2.24, 2.45) is 0 Å². The lowest BCUT2D eigenvalue weighted by Gasteiger charge is -1.99. The number of para-hydroxylation sites is 2. The predicted molar refractivity (Wildman–Crippen MR) is 58.3 cm³/mol. The van der Waals surface area contributed by atoms with Gasteiger partial charge in [-0.3, -0.25) is 0 Å². The van der Waals surface area contributed by atoms with Gasteiger partial charge in [0.25, 0.3) is 0 Å². The molecule has 0 unspecified atom stereocenters. The fourth-order valence-electron chi connectivity index (χ4n) is 1.21. The largest absolute Gasteiger partial charge is 0.516 e. The highest BCUT2D eigenvalue weighted by atomic mass is 16.7. The summed E-state index contributed by atoms with van der Waals surface area (Å²) in [5, 5.41) is 0. The Morgan fingerprint density at radius 1 is 1.50 bits per heavy atom. The zero-order valence-electron chi connectivity index (χ0n) is 8.47. The van der Waals surface area contributed by atoms with Gasteiger partial charge in [0.05, 0.1) is 11.0 Å². The molecule has 0 aliphatic carbocycles. The normalized spacial score (nSPS) is 10.0. The number of rotatable bonds is 3. The quantitative estimate of drug-likeness (QED) is 0.634. The number of hydrogen-bond acceptors (Lipinski definition) is 4. The molecule has 0 spiro atoms. The van der Waals surface area contributed by atoms with Crippen molar-refractivity contribution in [2.75, 3.05) is 6.61 Å². The van der Waals surface area contributed by atoms with Gasteiger partial charge >= 0.3 is 12.2 Å². The molecule has 2 aromatic rings. The van der Waals surface area contributed by atoms with E-state index >= 15 is 0 Å². The maximum atomic E-state index is 11.1. The Bertz CT molecular complexity index is 486. The SMILES string of the molecule is C=CCOC(=O)Oc1nc2ccccc2[nH]1. The molecular formula is C11H10N2O3. The molecule has 5 heteroatoms. The molecule has 16 heavy (non-hydrogen) atoms. The Balaban J connectivity index is 2.09. The summed E-state index contributed by atoms with van der Waals surface area (Å²) < 4.78 is 9.48. The molecule has 0 radical (unpaired) electrons. The fourth-order valence-corrected chi connectivity index (χ4v) is 1.21. The number of ether oxygens (including phenoxy) is 2. The summed E-state index contributed by atoms with van der Waals surface area (Å²) in [4.78, 5) is 18.0. The van der Waals surface area contributed by atoms with E-state index < -0.39 is 6.16 Å². The first-order valence-corrected chi connectivity index (χ1v) is 4.70. The summed E-state index contributed by atoms with van der Waals surface area (Å²) in [6, 6.07) is 7.48. The van der Waals surface area contributed by atoms with Crippen LogP contribution in [0.1, 0.15) is 0 Å². The van der Waals surface area contributed by atoms with Crippen molar-refractivity contribution in [2.45, 2.75) is 0 Å². The Hall–Kier alpha value is -2.30. The lowest BCUT2D eigenvalue weighted by atomic mass is 10.3. The van der Waals surface area contributed by atoms with Crippen molar-refractivity contribution < 1.29 is 14.3 Å². The highest BCUT2D eigenvalue weighted by molar-refractivity contribution is 5.76. The maximum Gasteiger partial charge on any atom is 0.516 e. The first-order chi connectivity index (χ1) is 7.79. The third-order valence-corrected chi connectivity index (χ3v) is 1.87. The number of fused-ring (bicyclic) bond motifs is 1. The number of carbonyl (C=O) groups excluding carboxylic acids is 1. The van der Waals surface area contributed by atoms with E-state index in [0.29, 0.717) is 0 Å². The molecular weight excluding hydrogens is 208 g/mol. The first kappa shape index (κ1) is 10.2. The molecule has 5 nitrogen and oxygen atoms in total. The van der Waals surface area contributed by atoms with Crippen LogP contribution in [-0.2, 0) is 4.74 Å². The Labute approximate surface area is 91.7 Å². The number of benzene rings is 1. The van der Waals surface area contributed by atoms with E-state index in [1.165, 1.54) is 6.08 Å². The Morgan fingerprint density at radius 2 is 2.31 bits per heavy atom. The molecule has 0 bridgehead atoms. The van der Waals surface area contributed by atoms with E-state index in [0.717, 1.165) is 11.0 Å². The van der Waals surface area contributed by atoms with Crippen LogP contribution in [0.5, 0.6) is 6.01 Å². The van der Waals surface area contributed by atoms with E-state index in [1.807, 2.05) is 24.3 Å². The van der Waals surface area contributed by atoms with Crippen molar-refractivity contribution in [3.63, 3.8) is 0 Å². The number of aromatic nitrogens is 2. The number of carbonyl (C=O) groups is 1. The van der Waals surface area contributed by atoms with E-state index in [9.17, 15) is 4.79 Å². The van der Waals surface area contributed by atoms with Crippen LogP contribution in [0.2, 0.25) is 0 Å². The van der Waals surface area contributed by atoms with Gasteiger partial charge in [-0.05, 0) is 12.1 Å². The summed E-state index contributed by atoms with van der Waals surface area (Å²) >= 11 is 0. The Morgan fingerprint density at radius 3 is 3.06 bits per heavy atom. The number of imidazole rings is 1. The number of aromatic amines is 1. The first-order valence-electron chi connectivity index (χ1n) is 4.70. The van der Waals surface area contributed by atoms with Crippen molar-refractivity contribution in [3.8, 4) is 6.01 Å². The zero-order valence-corrected chi connectivity index (χ0v) is 8.47. The highest BCUT2D eigenvalue weighted by Gasteiger charge is 2.09. The predicted octanol–water partition coefficient (Wildman–Crippen LogP) is 2.26. The van der Waals surface area contributed by atoms with Crippen LogP contribution in [0.3, 0.4) is 0 Å². The minimum absolute atomic E-state index is 0.110. The van der Waals surface area contributed by atoms with Crippen molar-refractivity contribution >= 4 is 17.2 Å². The van der Waals surface area contributed by atoms with Gasteiger partial charge in [0.1, 0.15) is 6.61 Å². The second kappa shape index (κ2) is 4.48. The van der Waals surface area contributed by atoms with E-state index in [-0.39, 0.29) is 12.6 Å². The van der Waals surface area contributed by atoms with Crippen LogP contribution in [0.4, 0.5) is 4.79 Å². The van der Waals surface area contributed by atoms with Gasteiger partial charge in [-0.2, -0.15) is 4.98 Å². The smallest absolute Gasteiger partial charge is 0.430 e. The number of H-pyrrole nitrogens is 1. The Kier molecular flexibility index (Phi) is 2.86. The molecule has 0 aliphatic heterocycles. The van der Waals surface area contributed by atoms with E-state index in [4.69, 9.17) is 4.74 Å². The number of nitrogens with one attached hydrogen (secondary N) is 1. The molecule has 1 heterocycles. The summed E-state index contributed by atoms with van der Waals surface area (Å²) in [5.41, 5.74) is 1.53. The molecule has 1 aromatic heterocycles. The molecule has 0 aliphatic rings. The summed E-state index contributed by atoms with van der Waals surface area (Å²) in [7, 11) is 0. The van der Waals surface area contributed by atoms with Gasteiger partial charge in [-0.1, -0.05) is 24.8 Å². The van der Waals surface area contributed by atoms with Crippen LogP contribution in [0, 0.1) is 0 Å². The molecule has 0 saturated carbocycles. The molecule has 0 atom stereocenters. The second-order valence-electron chi connectivity index (χ2n) is 3.01. The second-order valence-corrected chi connectivity index (χ2v) is 3.01. The molecule has 0 amide bonds. The third kappa shape index (κ3) is 2.20. The molecule has 0 saturated heterocycles. The van der Waals surface area contributed by atoms with Crippen LogP contribution in [-0.4, -0.2) is 22.7 Å². The highest BCUT2D eigenvalue weighted by Crippen LogP contribution is 2.15. The maximum absolute atomic E-state index is 11.1. The number of nitrogens with zero attached hydrogens (tertiary/aromatic N) is 1. The average molecular weight is 218 g/mol. The third-order valence-electron chi connectivity index (χ3n) is 1.87. The molecule has 2 rings (SSSR count). The van der Waals surface area contributed by atoms with Gasteiger partial charge in [-0.15, -0.1) is 0 Å². The number of hydrogen-bond donors (Lipinski definition) is 1. The summed E-state index contributed by atoms with van der Waals surface area (Å²) in [5.74, 6) is 0. The van der Waals surface area contributed by atoms with Gasteiger partial charge in [-0.25, -0.2) is 4.79 Å². The van der Waals surface area contributed by atoms with Gasteiger partial charge < -0.3 is 14.5 Å². The molecule has 1 aromatic carbocycles. The van der Waals surface area contributed by atoms with Crippen molar-refractivity contribution in [1.29, 1.82) is 0 Å². The summed E-state index contributed by atoms with van der Waals surface area (Å²) in [6.45, 7) is 3.53. The van der Waals surface area contributed by atoms with Crippen LogP contribution in [0.15, 0.2) is 36.9 Å². The monoisotopic (exact) mass is 218 g/mol. The lowest BCUT2D eigenvalue weighted by molar-refractivity contribution is 0.106. The molecule has 82 valence electrons. The zero-order chi connectivity index (χ0) is 11.4. The standard InChI is InChI=1S/C11H10N2O3/c1-2-7-15-11(14)16-10-12-8-5-3-4-6-9(8)13-10/h2-6H,1,7H2,(H,12,13). The van der Waals surface area contributed by atoms with Gasteiger partial charge in [0, 0.05) is 0 Å². The molecule has 0 fully saturated rings. The van der Waals surface area contributed by atoms with Crippen LogP contribution < -0.4 is 4.74 Å². The topological polar surface area (TPSA) is 64.2 Å². The minimum atomic E-state index is -0.807. The minimum Gasteiger partial charge on any atom is -0.430 e. The summed E-state index contributed by atoms with van der Waals surface area (Å²) in [6.07, 6.45) is 0.652. The van der Waals surface area contributed by atoms with E-state index in [2.05, 4.69) is 21.3 Å². The lowest BCUT2D eigenvalue weighted by Crippen LogP contribution is -2.11.